The quantitative estimate of drug-likeness (QED) is 0.726. The second kappa shape index (κ2) is 4.84. The summed E-state index contributed by atoms with van der Waals surface area (Å²) < 4.78 is 5.22. The highest BCUT2D eigenvalue weighted by Crippen LogP contribution is 2.19. The van der Waals surface area contributed by atoms with Gasteiger partial charge < -0.3 is 14.9 Å². The summed E-state index contributed by atoms with van der Waals surface area (Å²) in [5.41, 5.74) is 1.84. The van der Waals surface area contributed by atoms with E-state index in [1.165, 1.54) is 0 Å². The molecule has 0 aliphatic heterocycles. The van der Waals surface area contributed by atoms with Gasteiger partial charge in [0, 0.05) is 5.56 Å². The standard InChI is InChI=1S/C10H14O3/c1-8-2-3-10(13-5-4-11)9(6-8)7-12/h2-3,6,11-12H,4-5,7H2,1H3. The largest absolute Gasteiger partial charge is 0.491 e. The number of hydrogen-bond acceptors (Lipinski definition) is 3. The van der Waals surface area contributed by atoms with Gasteiger partial charge in [0.05, 0.1) is 13.2 Å². The Kier molecular flexibility index (Phi) is 3.73. The van der Waals surface area contributed by atoms with Crippen LogP contribution in [0.15, 0.2) is 18.2 Å². The van der Waals surface area contributed by atoms with E-state index >= 15 is 0 Å². The fourth-order valence-corrected chi connectivity index (χ4v) is 1.13. The highest BCUT2D eigenvalue weighted by molar-refractivity contribution is 5.36. The molecule has 0 aliphatic carbocycles. The molecule has 0 amide bonds. The number of aliphatic hydroxyl groups excluding tert-OH is 2. The SMILES string of the molecule is Cc1ccc(OCCO)c(CO)c1. The summed E-state index contributed by atoms with van der Waals surface area (Å²) in [5, 5.41) is 17.6. The van der Waals surface area contributed by atoms with Crippen LogP contribution in [0.25, 0.3) is 0 Å². The van der Waals surface area contributed by atoms with Crippen molar-refractivity contribution in [1.29, 1.82) is 0 Å². The fraction of sp³-hybridized carbons (Fsp3) is 0.400. The molecule has 3 heteroatoms. The minimum atomic E-state index is -0.0392. The third kappa shape index (κ3) is 2.72. The zero-order valence-electron chi connectivity index (χ0n) is 7.66. The summed E-state index contributed by atoms with van der Waals surface area (Å²) in [4.78, 5) is 0. The van der Waals surface area contributed by atoms with Gasteiger partial charge in [0.25, 0.3) is 0 Å². The van der Waals surface area contributed by atoms with Crippen molar-refractivity contribution < 1.29 is 14.9 Å². The van der Waals surface area contributed by atoms with E-state index in [-0.39, 0.29) is 19.8 Å². The first-order chi connectivity index (χ1) is 6.27. The summed E-state index contributed by atoms with van der Waals surface area (Å²) in [5.74, 6) is 0.641. The van der Waals surface area contributed by atoms with Crippen LogP contribution >= 0.6 is 0 Å². The fourth-order valence-electron chi connectivity index (χ4n) is 1.13. The molecule has 0 atom stereocenters. The van der Waals surface area contributed by atoms with Gasteiger partial charge in [-0.3, -0.25) is 0 Å². The van der Waals surface area contributed by atoms with E-state index in [2.05, 4.69) is 0 Å². The van der Waals surface area contributed by atoms with Crippen molar-refractivity contribution in [2.45, 2.75) is 13.5 Å². The lowest BCUT2D eigenvalue weighted by molar-refractivity contribution is 0.196. The molecule has 1 rings (SSSR count). The molecule has 72 valence electrons. The zero-order valence-corrected chi connectivity index (χ0v) is 7.66. The first-order valence-electron chi connectivity index (χ1n) is 4.22. The Labute approximate surface area is 77.6 Å². The van der Waals surface area contributed by atoms with Gasteiger partial charge in [-0.05, 0) is 13.0 Å². The maximum absolute atomic E-state index is 9.00. The average Bonchev–Trinajstić information content (AvgIpc) is 2.16. The van der Waals surface area contributed by atoms with Crippen LogP contribution in [0.4, 0.5) is 0 Å². The number of aryl methyl sites for hydroxylation is 1. The lowest BCUT2D eigenvalue weighted by atomic mass is 10.1. The highest BCUT2D eigenvalue weighted by Gasteiger charge is 2.01. The van der Waals surface area contributed by atoms with Crippen LogP contribution in [0.2, 0.25) is 0 Å². The number of rotatable bonds is 4. The Morgan fingerprint density at radius 2 is 2.08 bits per heavy atom. The van der Waals surface area contributed by atoms with Crippen molar-refractivity contribution in [1.82, 2.24) is 0 Å². The van der Waals surface area contributed by atoms with Gasteiger partial charge in [-0.1, -0.05) is 17.7 Å². The van der Waals surface area contributed by atoms with Gasteiger partial charge in [-0.15, -0.1) is 0 Å². The maximum Gasteiger partial charge on any atom is 0.124 e. The van der Waals surface area contributed by atoms with Gasteiger partial charge in [-0.2, -0.15) is 0 Å². The van der Waals surface area contributed by atoms with E-state index in [0.717, 1.165) is 11.1 Å². The third-order valence-corrected chi connectivity index (χ3v) is 1.74. The first-order valence-corrected chi connectivity index (χ1v) is 4.22. The van der Waals surface area contributed by atoms with Crippen molar-refractivity contribution in [2.75, 3.05) is 13.2 Å². The first kappa shape index (κ1) is 10.0. The van der Waals surface area contributed by atoms with Crippen LogP contribution in [0.3, 0.4) is 0 Å². The molecule has 0 aliphatic rings. The van der Waals surface area contributed by atoms with E-state index in [1.807, 2.05) is 19.1 Å². The molecular formula is C10H14O3. The van der Waals surface area contributed by atoms with Crippen LogP contribution < -0.4 is 4.74 Å². The molecule has 0 heterocycles. The highest BCUT2D eigenvalue weighted by atomic mass is 16.5. The number of ether oxygens (including phenoxy) is 1. The molecule has 1 aromatic carbocycles. The third-order valence-electron chi connectivity index (χ3n) is 1.74. The molecule has 1 aromatic rings. The molecule has 0 saturated carbocycles. The molecule has 3 nitrogen and oxygen atoms in total. The predicted molar refractivity (Wildman–Crippen MR) is 49.7 cm³/mol. The molecule has 0 bridgehead atoms. The Balaban J connectivity index is 2.79. The van der Waals surface area contributed by atoms with Crippen molar-refractivity contribution in [2.24, 2.45) is 0 Å². The molecular weight excluding hydrogens is 168 g/mol. The van der Waals surface area contributed by atoms with Crippen LogP contribution in [0.5, 0.6) is 5.75 Å². The van der Waals surface area contributed by atoms with Crippen LogP contribution in [0.1, 0.15) is 11.1 Å². The van der Waals surface area contributed by atoms with Crippen molar-refractivity contribution in [3.63, 3.8) is 0 Å². The van der Waals surface area contributed by atoms with Gasteiger partial charge in [-0.25, -0.2) is 0 Å². The minimum Gasteiger partial charge on any atom is -0.491 e. The Morgan fingerprint density at radius 3 is 2.69 bits per heavy atom. The van der Waals surface area contributed by atoms with Gasteiger partial charge in [0.15, 0.2) is 0 Å². The monoisotopic (exact) mass is 182 g/mol. The smallest absolute Gasteiger partial charge is 0.124 e. The second-order valence-electron chi connectivity index (χ2n) is 2.84. The Hall–Kier alpha value is -1.06. The lowest BCUT2D eigenvalue weighted by Gasteiger charge is -2.09. The molecule has 0 fully saturated rings. The Morgan fingerprint density at radius 1 is 1.31 bits per heavy atom. The van der Waals surface area contributed by atoms with Crippen LogP contribution in [-0.2, 0) is 6.61 Å². The summed E-state index contributed by atoms with van der Waals surface area (Å²) in [6.07, 6.45) is 0. The molecule has 0 radical (unpaired) electrons. The van der Waals surface area contributed by atoms with E-state index in [1.54, 1.807) is 6.07 Å². The maximum atomic E-state index is 9.00. The second-order valence-corrected chi connectivity index (χ2v) is 2.84. The van der Waals surface area contributed by atoms with Crippen molar-refractivity contribution in [3.8, 4) is 5.75 Å². The van der Waals surface area contributed by atoms with Crippen LogP contribution in [0, 0.1) is 6.92 Å². The number of aliphatic hydroxyl groups is 2. The zero-order chi connectivity index (χ0) is 9.68. The minimum absolute atomic E-state index is 0.0151. The molecule has 2 N–H and O–H groups in total. The molecule has 0 unspecified atom stereocenters. The number of hydrogen-bond donors (Lipinski definition) is 2. The topological polar surface area (TPSA) is 49.7 Å². The van der Waals surface area contributed by atoms with Crippen LogP contribution in [-0.4, -0.2) is 23.4 Å². The van der Waals surface area contributed by atoms with E-state index in [0.29, 0.717) is 5.75 Å². The summed E-state index contributed by atoms with van der Waals surface area (Å²) in [7, 11) is 0. The van der Waals surface area contributed by atoms with E-state index in [4.69, 9.17) is 14.9 Å². The van der Waals surface area contributed by atoms with Crippen molar-refractivity contribution in [3.05, 3.63) is 29.3 Å². The van der Waals surface area contributed by atoms with E-state index < -0.39 is 0 Å². The summed E-state index contributed by atoms with van der Waals surface area (Å²) in [6.45, 7) is 2.16. The number of benzene rings is 1. The molecule has 13 heavy (non-hydrogen) atoms. The normalized spacial score (nSPS) is 10.1. The summed E-state index contributed by atoms with van der Waals surface area (Å²) >= 11 is 0. The lowest BCUT2D eigenvalue weighted by Crippen LogP contribution is -2.04. The average molecular weight is 182 g/mol. The summed E-state index contributed by atoms with van der Waals surface area (Å²) in [6, 6.07) is 5.58. The van der Waals surface area contributed by atoms with Gasteiger partial charge in [0.2, 0.25) is 0 Å². The van der Waals surface area contributed by atoms with Gasteiger partial charge >= 0.3 is 0 Å². The Bertz CT molecular complexity index is 271. The molecule has 0 saturated heterocycles. The predicted octanol–water partition coefficient (Wildman–Crippen LogP) is 0.858. The van der Waals surface area contributed by atoms with Crippen molar-refractivity contribution >= 4 is 0 Å². The van der Waals surface area contributed by atoms with E-state index in [9.17, 15) is 0 Å². The molecule has 0 spiro atoms. The van der Waals surface area contributed by atoms with Gasteiger partial charge in [0.1, 0.15) is 12.4 Å². The molecule has 0 aromatic heterocycles.